The molecule has 0 bridgehead atoms. The number of hydrogen-bond donors (Lipinski definition) is 2. The normalized spacial score (nSPS) is 16.0. The van der Waals surface area contributed by atoms with E-state index in [1.807, 2.05) is 32.9 Å². The molecule has 1 aromatic heterocycles. The summed E-state index contributed by atoms with van der Waals surface area (Å²) >= 11 is 0. The second-order valence-corrected chi connectivity index (χ2v) is 5.17. The summed E-state index contributed by atoms with van der Waals surface area (Å²) in [6, 6.07) is 3.70. The zero-order valence-electron chi connectivity index (χ0n) is 11.6. The highest BCUT2D eigenvalue weighted by atomic mass is 16.5. The predicted molar refractivity (Wildman–Crippen MR) is 74.3 cm³/mol. The van der Waals surface area contributed by atoms with Crippen LogP contribution < -0.4 is 15.4 Å². The molecule has 19 heavy (non-hydrogen) atoms. The van der Waals surface area contributed by atoms with Gasteiger partial charge in [-0.05, 0) is 45.7 Å². The van der Waals surface area contributed by atoms with Gasteiger partial charge in [-0.15, -0.1) is 0 Å². The van der Waals surface area contributed by atoms with E-state index in [-0.39, 0.29) is 18.1 Å². The number of aromatic nitrogens is 1. The van der Waals surface area contributed by atoms with Crippen LogP contribution in [0.15, 0.2) is 18.3 Å². The van der Waals surface area contributed by atoms with Crippen molar-refractivity contribution in [1.82, 2.24) is 10.3 Å². The number of nitrogens with zero attached hydrogens (tertiary/aromatic N) is 1. The molecule has 1 saturated carbocycles. The van der Waals surface area contributed by atoms with Crippen molar-refractivity contribution >= 4 is 11.7 Å². The van der Waals surface area contributed by atoms with Crippen LogP contribution in [0, 0.1) is 0 Å². The van der Waals surface area contributed by atoms with Crippen LogP contribution in [0.5, 0.6) is 5.75 Å². The molecular formula is C14H21N3O2. The van der Waals surface area contributed by atoms with Gasteiger partial charge in [0.15, 0.2) is 11.6 Å². The van der Waals surface area contributed by atoms with E-state index in [2.05, 4.69) is 15.6 Å². The largest absolute Gasteiger partial charge is 0.487 e. The van der Waals surface area contributed by atoms with Crippen LogP contribution >= 0.6 is 0 Å². The molecule has 1 fully saturated rings. The minimum atomic E-state index is -0.329. The van der Waals surface area contributed by atoms with Crippen molar-refractivity contribution in [2.75, 3.05) is 5.32 Å². The first-order valence-electron chi connectivity index (χ1n) is 6.75. The van der Waals surface area contributed by atoms with Crippen molar-refractivity contribution in [3.63, 3.8) is 0 Å². The summed E-state index contributed by atoms with van der Waals surface area (Å²) in [7, 11) is 0. The molecule has 1 unspecified atom stereocenters. The van der Waals surface area contributed by atoms with Crippen molar-refractivity contribution in [1.29, 1.82) is 0 Å². The monoisotopic (exact) mass is 263 g/mol. The summed E-state index contributed by atoms with van der Waals surface area (Å²) in [6.07, 6.45) is 3.93. The topological polar surface area (TPSA) is 63.2 Å². The van der Waals surface area contributed by atoms with E-state index in [1.165, 1.54) is 0 Å². The number of pyridine rings is 1. The molecule has 0 aromatic carbocycles. The van der Waals surface area contributed by atoms with Crippen molar-refractivity contribution in [3.05, 3.63) is 18.3 Å². The first-order valence-corrected chi connectivity index (χ1v) is 6.75. The van der Waals surface area contributed by atoms with E-state index in [0.717, 1.165) is 12.8 Å². The molecule has 0 saturated heterocycles. The Hall–Kier alpha value is -1.78. The third-order valence-corrected chi connectivity index (χ3v) is 2.80. The van der Waals surface area contributed by atoms with E-state index in [4.69, 9.17) is 4.74 Å². The van der Waals surface area contributed by atoms with E-state index in [9.17, 15) is 4.79 Å². The lowest BCUT2D eigenvalue weighted by Gasteiger charge is -2.18. The van der Waals surface area contributed by atoms with Gasteiger partial charge in [-0.2, -0.15) is 0 Å². The number of carbonyl (C=O) groups is 1. The number of carbonyl (C=O) groups excluding carboxylic acids is 1. The average molecular weight is 263 g/mol. The quantitative estimate of drug-likeness (QED) is 0.823. The Morgan fingerprint density at radius 1 is 1.42 bits per heavy atom. The average Bonchev–Trinajstić information content (AvgIpc) is 3.14. The Balaban J connectivity index is 1.98. The first-order chi connectivity index (χ1) is 9.06. The van der Waals surface area contributed by atoms with Crippen LogP contribution in [-0.4, -0.2) is 29.1 Å². The highest BCUT2D eigenvalue weighted by Crippen LogP contribution is 2.23. The van der Waals surface area contributed by atoms with Gasteiger partial charge < -0.3 is 15.4 Å². The van der Waals surface area contributed by atoms with Crippen LogP contribution in [-0.2, 0) is 4.79 Å². The molecule has 1 heterocycles. The summed E-state index contributed by atoms with van der Waals surface area (Å²) in [5.41, 5.74) is 0. The number of hydrogen-bond acceptors (Lipinski definition) is 4. The van der Waals surface area contributed by atoms with Gasteiger partial charge in [0.1, 0.15) is 6.04 Å². The highest BCUT2D eigenvalue weighted by molar-refractivity contribution is 5.84. The van der Waals surface area contributed by atoms with Gasteiger partial charge >= 0.3 is 0 Å². The molecule has 5 nitrogen and oxygen atoms in total. The zero-order valence-corrected chi connectivity index (χ0v) is 11.6. The highest BCUT2D eigenvalue weighted by Gasteiger charge is 2.26. The van der Waals surface area contributed by atoms with Crippen molar-refractivity contribution < 1.29 is 9.53 Å². The first kappa shape index (κ1) is 13.6. The zero-order chi connectivity index (χ0) is 13.8. The third-order valence-electron chi connectivity index (χ3n) is 2.80. The molecule has 1 aliphatic carbocycles. The van der Waals surface area contributed by atoms with E-state index in [0.29, 0.717) is 17.6 Å². The van der Waals surface area contributed by atoms with Crippen LogP contribution in [0.3, 0.4) is 0 Å². The minimum absolute atomic E-state index is 0.00338. The number of nitrogens with one attached hydrogen (secondary N) is 2. The van der Waals surface area contributed by atoms with Crippen molar-refractivity contribution in [3.8, 4) is 5.75 Å². The molecule has 1 amide bonds. The summed E-state index contributed by atoms with van der Waals surface area (Å²) in [5, 5.41) is 6.06. The Morgan fingerprint density at radius 3 is 2.79 bits per heavy atom. The van der Waals surface area contributed by atoms with Gasteiger partial charge in [-0.25, -0.2) is 4.98 Å². The predicted octanol–water partition coefficient (Wildman–Crippen LogP) is 1.95. The Labute approximate surface area is 113 Å². The number of ether oxygens (including phenoxy) is 1. The van der Waals surface area contributed by atoms with Gasteiger partial charge in [0.05, 0.1) is 6.10 Å². The molecule has 0 aliphatic heterocycles. The lowest BCUT2D eigenvalue weighted by Crippen LogP contribution is -2.39. The molecular weight excluding hydrogens is 242 g/mol. The number of rotatable bonds is 6. The summed E-state index contributed by atoms with van der Waals surface area (Å²) in [4.78, 5) is 16.1. The van der Waals surface area contributed by atoms with Crippen LogP contribution in [0.4, 0.5) is 5.82 Å². The molecule has 2 N–H and O–H groups in total. The molecule has 0 spiro atoms. The van der Waals surface area contributed by atoms with E-state index < -0.39 is 0 Å². The smallest absolute Gasteiger partial charge is 0.242 e. The molecule has 1 aromatic rings. The maximum Gasteiger partial charge on any atom is 0.242 e. The fourth-order valence-electron chi connectivity index (χ4n) is 1.67. The second kappa shape index (κ2) is 5.91. The molecule has 1 aliphatic rings. The Bertz CT molecular complexity index is 444. The fourth-order valence-corrected chi connectivity index (χ4v) is 1.67. The molecule has 104 valence electrons. The maximum absolute atomic E-state index is 11.9. The summed E-state index contributed by atoms with van der Waals surface area (Å²) in [5.74, 6) is 1.28. The van der Waals surface area contributed by atoms with E-state index >= 15 is 0 Å². The minimum Gasteiger partial charge on any atom is -0.487 e. The summed E-state index contributed by atoms with van der Waals surface area (Å²) in [6.45, 7) is 5.74. The molecule has 2 rings (SSSR count). The van der Waals surface area contributed by atoms with E-state index in [1.54, 1.807) is 6.20 Å². The number of anilines is 1. The third kappa shape index (κ3) is 4.12. The van der Waals surface area contributed by atoms with Gasteiger partial charge in [-0.3, -0.25) is 4.79 Å². The Kier molecular flexibility index (Phi) is 4.24. The van der Waals surface area contributed by atoms with Gasteiger partial charge in [0.2, 0.25) is 5.91 Å². The summed E-state index contributed by atoms with van der Waals surface area (Å²) < 4.78 is 5.66. The maximum atomic E-state index is 11.9. The van der Waals surface area contributed by atoms with Crippen LogP contribution in [0.25, 0.3) is 0 Å². The lowest BCUT2D eigenvalue weighted by molar-refractivity contribution is -0.121. The number of amides is 1. The second-order valence-electron chi connectivity index (χ2n) is 5.17. The standard InChI is InChI=1S/C14H21N3O2/c1-9(2)19-12-5-4-8-15-13(12)16-10(3)14(18)17-11-6-7-11/h4-5,8-11H,6-7H2,1-3H3,(H,15,16)(H,17,18). The van der Waals surface area contributed by atoms with Crippen LogP contribution in [0.1, 0.15) is 33.6 Å². The molecule has 5 heteroatoms. The lowest BCUT2D eigenvalue weighted by atomic mass is 10.3. The van der Waals surface area contributed by atoms with Crippen molar-refractivity contribution in [2.45, 2.75) is 51.8 Å². The molecule has 1 atom stereocenters. The van der Waals surface area contributed by atoms with Gasteiger partial charge in [0.25, 0.3) is 0 Å². The fraction of sp³-hybridized carbons (Fsp3) is 0.571. The molecule has 0 radical (unpaired) electrons. The van der Waals surface area contributed by atoms with Gasteiger partial charge in [-0.1, -0.05) is 0 Å². The SMILES string of the molecule is CC(C)Oc1cccnc1NC(C)C(=O)NC1CC1. The van der Waals surface area contributed by atoms with Crippen molar-refractivity contribution in [2.24, 2.45) is 0 Å². The Morgan fingerprint density at radius 2 is 2.16 bits per heavy atom. The van der Waals surface area contributed by atoms with Gasteiger partial charge in [0, 0.05) is 12.2 Å². The van der Waals surface area contributed by atoms with Crippen LogP contribution in [0.2, 0.25) is 0 Å².